The monoisotopic (exact) mass is 274 g/mol. The lowest BCUT2D eigenvalue weighted by atomic mass is 10.1. The van der Waals surface area contributed by atoms with Crippen molar-refractivity contribution < 1.29 is 0 Å². The molecule has 2 heteroatoms. The highest BCUT2D eigenvalue weighted by atomic mass is 32.2. The molecule has 1 aromatic heterocycles. The van der Waals surface area contributed by atoms with Crippen molar-refractivity contribution in [2.75, 3.05) is 5.75 Å². The fourth-order valence-corrected chi connectivity index (χ4v) is 4.60. The molecule has 1 aromatic rings. The SMILES string of the molecule is C#CC1CSc2c(C#CCCCCCC)csc21. The second-order valence-corrected chi connectivity index (χ2v) is 6.43. The Morgan fingerprint density at radius 3 is 3.06 bits per heavy atom. The Bertz CT molecular complexity index is 493. The second kappa shape index (κ2) is 6.93. The summed E-state index contributed by atoms with van der Waals surface area (Å²) >= 11 is 3.65. The highest BCUT2D eigenvalue weighted by Gasteiger charge is 2.25. The molecule has 0 N–H and O–H groups in total. The van der Waals surface area contributed by atoms with Crippen molar-refractivity contribution in [3.05, 3.63) is 15.8 Å². The largest absolute Gasteiger partial charge is 0.145 e. The quantitative estimate of drug-likeness (QED) is 0.556. The first-order chi connectivity index (χ1) is 8.86. The molecule has 0 nitrogen and oxygen atoms in total. The summed E-state index contributed by atoms with van der Waals surface area (Å²) in [6.07, 6.45) is 11.7. The van der Waals surface area contributed by atoms with E-state index in [4.69, 9.17) is 6.42 Å². The van der Waals surface area contributed by atoms with Crippen LogP contribution >= 0.6 is 23.1 Å². The summed E-state index contributed by atoms with van der Waals surface area (Å²) in [7, 11) is 0. The van der Waals surface area contributed by atoms with Gasteiger partial charge < -0.3 is 0 Å². The Kier molecular flexibility index (Phi) is 5.24. The molecule has 18 heavy (non-hydrogen) atoms. The molecule has 2 rings (SSSR count). The molecule has 0 aliphatic carbocycles. The molecule has 1 aliphatic heterocycles. The molecule has 0 amide bonds. The van der Waals surface area contributed by atoms with Gasteiger partial charge in [-0.1, -0.05) is 43.9 Å². The summed E-state index contributed by atoms with van der Waals surface area (Å²) in [5.41, 5.74) is 1.20. The van der Waals surface area contributed by atoms with Crippen molar-refractivity contribution in [3.63, 3.8) is 0 Å². The van der Waals surface area contributed by atoms with Gasteiger partial charge in [0, 0.05) is 32.9 Å². The maximum atomic E-state index is 5.53. The normalized spacial score (nSPS) is 16.8. The number of hydrogen-bond donors (Lipinski definition) is 0. The van der Waals surface area contributed by atoms with Gasteiger partial charge in [0.15, 0.2) is 0 Å². The van der Waals surface area contributed by atoms with Crippen LogP contribution in [0.3, 0.4) is 0 Å². The molecule has 1 unspecified atom stereocenters. The van der Waals surface area contributed by atoms with E-state index in [0.717, 1.165) is 12.2 Å². The van der Waals surface area contributed by atoms with Crippen LogP contribution in [0.5, 0.6) is 0 Å². The molecule has 0 aromatic carbocycles. The van der Waals surface area contributed by atoms with Crippen LogP contribution in [0.15, 0.2) is 10.3 Å². The molecule has 0 bridgehead atoms. The molecule has 0 radical (unpaired) electrons. The molecular weight excluding hydrogens is 256 g/mol. The number of thiophene rings is 1. The van der Waals surface area contributed by atoms with E-state index in [0.29, 0.717) is 5.92 Å². The number of fused-ring (bicyclic) bond motifs is 1. The third-order valence-electron chi connectivity index (χ3n) is 3.06. The predicted octanol–water partition coefficient (Wildman–Crippen LogP) is 4.89. The predicted molar refractivity (Wildman–Crippen MR) is 82.3 cm³/mol. The number of thioether (sulfide) groups is 1. The first-order valence-corrected chi connectivity index (χ1v) is 8.42. The number of unbranched alkanes of at least 4 members (excludes halogenated alkanes) is 4. The van der Waals surface area contributed by atoms with Gasteiger partial charge >= 0.3 is 0 Å². The van der Waals surface area contributed by atoms with Crippen molar-refractivity contribution in [1.29, 1.82) is 0 Å². The summed E-state index contributed by atoms with van der Waals surface area (Å²) in [5, 5.41) is 2.17. The van der Waals surface area contributed by atoms with Crippen LogP contribution in [0.4, 0.5) is 0 Å². The van der Waals surface area contributed by atoms with Crippen LogP contribution in [-0.4, -0.2) is 5.75 Å². The van der Waals surface area contributed by atoms with Gasteiger partial charge in [0.25, 0.3) is 0 Å². The highest BCUT2D eigenvalue weighted by molar-refractivity contribution is 7.99. The van der Waals surface area contributed by atoms with E-state index in [9.17, 15) is 0 Å². The first kappa shape index (κ1) is 13.6. The van der Waals surface area contributed by atoms with Crippen molar-refractivity contribution in [1.82, 2.24) is 0 Å². The Labute approximate surface area is 119 Å². The van der Waals surface area contributed by atoms with E-state index in [1.54, 1.807) is 11.3 Å². The molecule has 94 valence electrons. The van der Waals surface area contributed by atoms with Gasteiger partial charge in [-0.2, -0.15) is 0 Å². The first-order valence-electron chi connectivity index (χ1n) is 6.56. The minimum Gasteiger partial charge on any atom is -0.145 e. The molecule has 2 heterocycles. The molecular formula is C16H18S2. The summed E-state index contributed by atoms with van der Waals surface area (Å²) < 4.78 is 0. The summed E-state index contributed by atoms with van der Waals surface area (Å²) in [4.78, 5) is 2.71. The van der Waals surface area contributed by atoms with Gasteiger partial charge in [0.2, 0.25) is 0 Å². The standard InChI is InChI=1S/C16H18S2/c1-3-5-6-7-8-9-10-14-12-18-15-13(4-2)11-17-16(14)15/h2,12-13H,3,5-8,11H2,1H3. The molecule has 1 aliphatic rings. The lowest BCUT2D eigenvalue weighted by Crippen LogP contribution is -1.87. The van der Waals surface area contributed by atoms with Crippen LogP contribution < -0.4 is 0 Å². The maximum Gasteiger partial charge on any atom is 0.0648 e. The third-order valence-corrected chi connectivity index (χ3v) is 5.52. The lowest BCUT2D eigenvalue weighted by molar-refractivity contribution is 0.679. The molecule has 0 saturated carbocycles. The van der Waals surface area contributed by atoms with Crippen molar-refractivity contribution in [3.8, 4) is 24.2 Å². The number of rotatable bonds is 4. The fraction of sp³-hybridized carbons (Fsp3) is 0.500. The van der Waals surface area contributed by atoms with E-state index >= 15 is 0 Å². The van der Waals surface area contributed by atoms with Gasteiger partial charge in [-0.25, -0.2) is 0 Å². The average molecular weight is 274 g/mol. The summed E-state index contributed by atoms with van der Waals surface area (Å²) in [5.74, 6) is 10.8. The van der Waals surface area contributed by atoms with Crippen molar-refractivity contribution in [2.24, 2.45) is 0 Å². The fourth-order valence-electron chi connectivity index (χ4n) is 2.00. The van der Waals surface area contributed by atoms with E-state index in [-0.39, 0.29) is 0 Å². The van der Waals surface area contributed by atoms with Gasteiger partial charge in [0.05, 0.1) is 5.92 Å². The Morgan fingerprint density at radius 1 is 1.39 bits per heavy atom. The topological polar surface area (TPSA) is 0 Å². The van der Waals surface area contributed by atoms with E-state index in [1.165, 1.54) is 41.0 Å². The highest BCUT2D eigenvalue weighted by Crippen LogP contribution is 2.45. The third kappa shape index (κ3) is 3.14. The zero-order valence-electron chi connectivity index (χ0n) is 10.8. The molecule has 0 saturated heterocycles. The summed E-state index contributed by atoms with van der Waals surface area (Å²) in [6.45, 7) is 2.24. The molecule has 1 atom stereocenters. The van der Waals surface area contributed by atoms with Gasteiger partial charge in [-0.15, -0.1) is 29.5 Å². The Morgan fingerprint density at radius 2 is 2.28 bits per heavy atom. The van der Waals surface area contributed by atoms with E-state index in [2.05, 4.69) is 30.1 Å². The minimum absolute atomic E-state index is 0.315. The van der Waals surface area contributed by atoms with Crippen molar-refractivity contribution >= 4 is 23.1 Å². The molecule has 0 fully saturated rings. The van der Waals surface area contributed by atoms with Crippen LogP contribution in [-0.2, 0) is 0 Å². The van der Waals surface area contributed by atoms with Crippen LogP contribution in [0.1, 0.15) is 55.4 Å². The van der Waals surface area contributed by atoms with E-state index < -0.39 is 0 Å². The van der Waals surface area contributed by atoms with Crippen LogP contribution in [0, 0.1) is 24.2 Å². The average Bonchev–Trinajstić information content (AvgIpc) is 2.95. The Hall–Kier alpha value is -0.830. The zero-order chi connectivity index (χ0) is 12.8. The van der Waals surface area contributed by atoms with E-state index in [1.807, 2.05) is 11.8 Å². The zero-order valence-corrected chi connectivity index (χ0v) is 12.4. The van der Waals surface area contributed by atoms with Crippen LogP contribution in [0.25, 0.3) is 0 Å². The number of hydrogen-bond acceptors (Lipinski definition) is 2. The van der Waals surface area contributed by atoms with Crippen molar-refractivity contribution in [2.45, 2.75) is 49.8 Å². The van der Waals surface area contributed by atoms with Crippen LogP contribution in [0.2, 0.25) is 0 Å². The lowest BCUT2D eigenvalue weighted by Gasteiger charge is -1.94. The van der Waals surface area contributed by atoms with Gasteiger partial charge in [0.1, 0.15) is 0 Å². The van der Waals surface area contributed by atoms with Gasteiger partial charge in [-0.3, -0.25) is 0 Å². The summed E-state index contributed by atoms with van der Waals surface area (Å²) in [6, 6.07) is 0. The number of terminal acetylenes is 1. The maximum absolute atomic E-state index is 5.53. The smallest absolute Gasteiger partial charge is 0.0648 e. The second-order valence-electron chi connectivity index (χ2n) is 4.49. The molecule has 0 spiro atoms. The minimum atomic E-state index is 0.315. The Balaban J connectivity index is 1.92. The van der Waals surface area contributed by atoms with Gasteiger partial charge in [-0.05, 0) is 6.42 Å².